The number of rotatable bonds is 4. The highest BCUT2D eigenvalue weighted by molar-refractivity contribution is 9.10. The van der Waals surface area contributed by atoms with Crippen LogP contribution in [0.25, 0.3) is 0 Å². The van der Waals surface area contributed by atoms with Gasteiger partial charge in [0.05, 0.1) is 29.1 Å². The van der Waals surface area contributed by atoms with Crippen molar-refractivity contribution in [2.75, 3.05) is 20.3 Å². The van der Waals surface area contributed by atoms with Crippen molar-refractivity contribution >= 4 is 15.9 Å². The van der Waals surface area contributed by atoms with E-state index in [1.165, 1.54) is 0 Å². The van der Waals surface area contributed by atoms with Crippen molar-refractivity contribution in [1.82, 2.24) is 14.7 Å². The van der Waals surface area contributed by atoms with Crippen LogP contribution in [0.5, 0.6) is 0 Å². The normalized spacial score (nSPS) is 25.6. The number of aliphatic hydroxyl groups is 1. The zero-order valence-corrected chi connectivity index (χ0v) is 11.7. The molecule has 0 aromatic carbocycles. The van der Waals surface area contributed by atoms with Gasteiger partial charge in [-0.2, -0.15) is 5.10 Å². The molecular weight excluding hydrogens is 286 g/mol. The van der Waals surface area contributed by atoms with Gasteiger partial charge in [0.2, 0.25) is 0 Å². The van der Waals surface area contributed by atoms with E-state index in [4.69, 9.17) is 4.74 Å². The van der Waals surface area contributed by atoms with Gasteiger partial charge in [-0.1, -0.05) is 0 Å². The van der Waals surface area contributed by atoms with E-state index < -0.39 is 0 Å². The third-order valence-electron chi connectivity index (χ3n) is 3.40. The molecule has 1 aromatic rings. The minimum absolute atomic E-state index is 0.176. The zero-order chi connectivity index (χ0) is 12.4. The van der Waals surface area contributed by atoms with Crippen molar-refractivity contribution in [3.63, 3.8) is 0 Å². The Morgan fingerprint density at radius 1 is 1.65 bits per heavy atom. The standard InChI is InChI=1S/C11H18BrN3O2/c1-14-11(10(12)4-13-14)6-15-5-9(17-2)3-8(15)7-16/h4,8-9,16H,3,5-7H2,1-2H3/t8-,9+/m0/s1. The highest BCUT2D eigenvalue weighted by atomic mass is 79.9. The minimum Gasteiger partial charge on any atom is -0.395 e. The van der Waals surface area contributed by atoms with Crippen LogP contribution in [-0.2, 0) is 18.3 Å². The second kappa shape index (κ2) is 5.48. The molecule has 2 rings (SSSR count). The number of aliphatic hydroxyl groups excluding tert-OH is 1. The topological polar surface area (TPSA) is 50.5 Å². The fraction of sp³-hybridized carbons (Fsp3) is 0.727. The summed E-state index contributed by atoms with van der Waals surface area (Å²) in [6.07, 6.45) is 2.91. The Bertz CT molecular complexity index is 363. The summed E-state index contributed by atoms with van der Waals surface area (Å²) in [5, 5.41) is 13.6. The molecule has 6 heteroatoms. The number of hydrogen-bond acceptors (Lipinski definition) is 4. The Hall–Kier alpha value is -0.430. The molecule has 0 saturated carbocycles. The van der Waals surface area contributed by atoms with Crippen molar-refractivity contribution in [3.8, 4) is 0 Å². The number of aryl methyl sites for hydroxylation is 1. The van der Waals surface area contributed by atoms with E-state index >= 15 is 0 Å². The van der Waals surface area contributed by atoms with Gasteiger partial charge in [-0.3, -0.25) is 9.58 Å². The number of methoxy groups -OCH3 is 1. The van der Waals surface area contributed by atoms with Crippen LogP contribution in [0.15, 0.2) is 10.7 Å². The average Bonchev–Trinajstić information content (AvgIpc) is 2.87. The number of halogens is 1. The van der Waals surface area contributed by atoms with E-state index in [2.05, 4.69) is 25.9 Å². The van der Waals surface area contributed by atoms with E-state index in [1.54, 1.807) is 13.3 Å². The van der Waals surface area contributed by atoms with Crippen LogP contribution in [0, 0.1) is 0 Å². The first-order valence-electron chi connectivity index (χ1n) is 5.69. The summed E-state index contributed by atoms with van der Waals surface area (Å²) in [4.78, 5) is 2.25. The second-order valence-corrected chi connectivity index (χ2v) is 5.28. The maximum atomic E-state index is 9.39. The molecule has 0 amide bonds. The Morgan fingerprint density at radius 3 is 2.94 bits per heavy atom. The van der Waals surface area contributed by atoms with E-state index in [1.807, 2.05) is 11.7 Å². The zero-order valence-electron chi connectivity index (χ0n) is 10.1. The van der Waals surface area contributed by atoms with Crippen LogP contribution < -0.4 is 0 Å². The fourth-order valence-electron chi connectivity index (χ4n) is 2.30. The van der Waals surface area contributed by atoms with Crippen LogP contribution in [0.2, 0.25) is 0 Å². The van der Waals surface area contributed by atoms with Crippen LogP contribution >= 0.6 is 15.9 Å². The molecule has 1 fully saturated rings. The van der Waals surface area contributed by atoms with Crippen LogP contribution in [-0.4, -0.2) is 52.2 Å². The lowest BCUT2D eigenvalue weighted by Crippen LogP contribution is -2.32. The molecule has 0 radical (unpaired) electrons. The minimum atomic E-state index is 0.176. The largest absolute Gasteiger partial charge is 0.395 e. The van der Waals surface area contributed by atoms with Gasteiger partial charge >= 0.3 is 0 Å². The first-order chi connectivity index (χ1) is 8.15. The van der Waals surface area contributed by atoms with Crippen LogP contribution in [0.1, 0.15) is 12.1 Å². The van der Waals surface area contributed by atoms with Crippen LogP contribution in [0.3, 0.4) is 0 Å². The molecule has 0 spiro atoms. The lowest BCUT2D eigenvalue weighted by Gasteiger charge is -2.22. The van der Waals surface area contributed by atoms with Gasteiger partial charge in [-0.15, -0.1) is 0 Å². The summed E-state index contributed by atoms with van der Waals surface area (Å²) in [6.45, 7) is 1.82. The van der Waals surface area contributed by atoms with Crippen molar-refractivity contribution in [2.24, 2.45) is 7.05 Å². The van der Waals surface area contributed by atoms with Crippen LogP contribution in [0.4, 0.5) is 0 Å². The third-order valence-corrected chi connectivity index (χ3v) is 4.06. The summed E-state index contributed by atoms with van der Waals surface area (Å²) < 4.78 is 8.24. The molecule has 1 saturated heterocycles. The smallest absolute Gasteiger partial charge is 0.0714 e. The van der Waals surface area contributed by atoms with Gasteiger partial charge in [0.15, 0.2) is 0 Å². The monoisotopic (exact) mass is 303 g/mol. The number of nitrogens with zero attached hydrogens (tertiary/aromatic N) is 3. The third kappa shape index (κ3) is 2.70. The van der Waals surface area contributed by atoms with E-state index in [9.17, 15) is 5.11 Å². The maximum absolute atomic E-state index is 9.39. The second-order valence-electron chi connectivity index (χ2n) is 4.42. The highest BCUT2D eigenvalue weighted by Gasteiger charge is 2.32. The Balaban J connectivity index is 2.08. The van der Waals surface area contributed by atoms with E-state index in [-0.39, 0.29) is 18.8 Å². The Labute approximate surface area is 109 Å². The van der Waals surface area contributed by atoms with Gasteiger partial charge in [-0.25, -0.2) is 0 Å². The van der Waals surface area contributed by atoms with Crippen molar-refractivity contribution in [3.05, 3.63) is 16.4 Å². The average molecular weight is 304 g/mol. The molecule has 2 atom stereocenters. The molecule has 1 N–H and O–H groups in total. The maximum Gasteiger partial charge on any atom is 0.0714 e. The van der Waals surface area contributed by atoms with Crippen molar-refractivity contribution in [1.29, 1.82) is 0 Å². The molecule has 0 bridgehead atoms. The number of likely N-dealkylation sites (tertiary alicyclic amines) is 1. The van der Waals surface area contributed by atoms with Gasteiger partial charge in [0.1, 0.15) is 0 Å². The molecule has 17 heavy (non-hydrogen) atoms. The summed E-state index contributed by atoms with van der Waals surface area (Å²) >= 11 is 3.49. The Kier molecular flexibility index (Phi) is 4.19. The molecule has 2 heterocycles. The highest BCUT2D eigenvalue weighted by Crippen LogP contribution is 2.24. The lowest BCUT2D eigenvalue weighted by molar-refractivity contribution is 0.106. The first-order valence-corrected chi connectivity index (χ1v) is 6.49. The van der Waals surface area contributed by atoms with Crippen molar-refractivity contribution in [2.45, 2.75) is 25.1 Å². The summed E-state index contributed by atoms with van der Waals surface area (Å²) in [7, 11) is 3.65. The molecule has 0 aliphatic carbocycles. The fourth-order valence-corrected chi connectivity index (χ4v) is 2.77. The lowest BCUT2D eigenvalue weighted by atomic mass is 10.2. The molecule has 1 aliphatic heterocycles. The van der Waals surface area contributed by atoms with Gasteiger partial charge < -0.3 is 9.84 Å². The first kappa shape index (κ1) is 13.0. The summed E-state index contributed by atoms with van der Waals surface area (Å²) in [5.41, 5.74) is 1.13. The molecule has 1 aliphatic rings. The summed E-state index contributed by atoms with van der Waals surface area (Å²) in [6, 6.07) is 0.182. The van der Waals surface area contributed by atoms with Gasteiger partial charge in [0.25, 0.3) is 0 Å². The number of hydrogen-bond donors (Lipinski definition) is 1. The predicted octanol–water partition coefficient (Wildman–Crippen LogP) is 0.764. The van der Waals surface area contributed by atoms with Gasteiger partial charge in [0, 0.05) is 33.3 Å². The van der Waals surface area contributed by atoms with E-state index in [0.717, 1.165) is 29.7 Å². The van der Waals surface area contributed by atoms with E-state index in [0.29, 0.717) is 0 Å². The quantitative estimate of drug-likeness (QED) is 0.892. The number of aromatic nitrogens is 2. The summed E-state index contributed by atoms with van der Waals surface area (Å²) in [5.74, 6) is 0. The predicted molar refractivity (Wildman–Crippen MR) is 67.6 cm³/mol. The van der Waals surface area contributed by atoms with Gasteiger partial charge in [-0.05, 0) is 22.4 Å². The SMILES string of the molecule is CO[C@@H]1C[C@@H](CO)N(Cc2c(Br)cnn2C)C1. The molecule has 0 unspecified atom stereocenters. The number of ether oxygens (including phenoxy) is 1. The molecule has 1 aromatic heterocycles. The molecule has 5 nitrogen and oxygen atoms in total. The molecular formula is C11H18BrN3O2. The van der Waals surface area contributed by atoms with Crippen molar-refractivity contribution < 1.29 is 9.84 Å². The molecule has 96 valence electrons. The Morgan fingerprint density at radius 2 is 2.41 bits per heavy atom.